The van der Waals surface area contributed by atoms with E-state index in [4.69, 9.17) is 9.57 Å². The van der Waals surface area contributed by atoms with Crippen molar-refractivity contribution in [3.63, 3.8) is 0 Å². The molecule has 0 spiro atoms. The lowest BCUT2D eigenvalue weighted by molar-refractivity contribution is -0.167. The van der Waals surface area contributed by atoms with Gasteiger partial charge in [0.05, 0.1) is 12.5 Å². The Balaban J connectivity index is 2.59. The lowest BCUT2D eigenvalue weighted by Gasteiger charge is -2.22. The quantitative estimate of drug-likeness (QED) is 0.689. The van der Waals surface area contributed by atoms with E-state index in [2.05, 4.69) is 0 Å². The molecule has 0 bridgehead atoms. The van der Waals surface area contributed by atoms with Crippen LogP contribution in [0.1, 0.15) is 34.6 Å². The number of hydrogen-bond acceptors (Lipinski definition) is 4. The first-order valence-corrected chi connectivity index (χ1v) is 5.43. The van der Waals surface area contributed by atoms with Crippen LogP contribution in [0.4, 0.5) is 4.79 Å². The van der Waals surface area contributed by atoms with Crippen molar-refractivity contribution in [2.24, 2.45) is 11.8 Å². The highest BCUT2D eigenvalue weighted by molar-refractivity contribution is 5.79. The van der Waals surface area contributed by atoms with Gasteiger partial charge in [0.1, 0.15) is 5.60 Å². The van der Waals surface area contributed by atoms with Crippen LogP contribution in [0.2, 0.25) is 0 Å². The average Bonchev–Trinajstić information content (AvgIpc) is 2.44. The zero-order chi connectivity index (χ0) is 12.5. The summed E-state index contributed by atoms with van der Waals surface area (Å²) in [5.41, 5.74) is -0.584. The van der Waals surface area contributed by atoms with Gasteiger partial charge in [-0.3, -0.25) is 0 Å². The van der Waals surface area contributed by atoms with Crippen molar-refractivity contribution in [1.82, 2.24) is 5.06 Å². The van der Waals surface area contributed by atoms with Gasteiger partial charge in [0.15, 0.2) is 0 Å². The molecule has 0 unspecified atom stereocenters. The monoisotopic (exact) mass is 229 g/mol. The standard InChI is InChI=1S/C11H19NO4/c1-7(2)8-6-12(16-9(8)13)10(14)15-11(3,4)5/h7-8H,6H2,1-5H3/t8-/m0/s1. The molecule has 1 aliphatic rings. The van der Waals surface area contributed by atoms with E-state index in [0.717, 1.165) is 5.06 Å². The van der Waals surface area contributed by atoms with Gasteiger partial charge in [0.25, 0.3) is 0 Å². The third-order valence-corrected chi connectivity index (χ3v) is 2.27. The lowest BCUT2D eigenvalue weighted by Crippen LogP contribution is -2.35. The van der Waals surface area contributed by atoms with Crippen LogP contribution in [-0.4, -0.2) is 29.3 Å². The topological polar surface area (TPSA) is 55.8 Å². The number of hydrogen-bond donors (Lipinski definition) is 0. The Bertz CT molecular complexity index is 293. The van der Waals surface area contributed by atoms with E-state index in [9.17, 15) is 9.59 Å². The summed E-state index contributed by atoms with van der Waals surface area (Å²) < 4.78 is 5.11. The minimum atomic E-state index is -0.607. The average molecular weight is 229 g/mol. The zero-order valence-electron chi connectivity index (χ0n) is 10.4. The van der Waals surface area contributed by atoms with E-state index < -0.39 is 11.7 Å². The SMILES string of the molecule is CC(C)[C@@H]1CN(C(=O)OC(C)(C)C)OC1=O. The summed E-state index contributed by atoms with van der Waals surface area (Å²) >= 11 is 0. The van der Waals surface area contributed by atoms with Crippen LogP contribution in [0.3, 0.4) is 0 Å². The second-order valence-corrected chi connectivity index (χ2v) is 5.30. The largest absolute Gasteiger partial charge is 0.443 e. The Kier molecular flexibility index (Phi) is 3.45. The molecule has 1 rings (SSSR count). The minimum absolute atomic E-state index is 0.153. The highest BCUT2D eigenvalue weighted by atomic mass is 16.8. The van der Waals surface area contributed by atoms with Crippen LogP contribution in [0.15, 0.2) is 0 Å². The van der Waals surface area contributed by atoms with Crippen molar-refractivity contribution in [2.75, 3.05) is 6.54 Å². The van der Waals surface area contributed by atoms with Crippen molar-refractivity contribution < 1.29 is 19.2 Å². The number of carbonyl (C=O) groups is 2. The van der Waals surface area contributed by atoms with E-state index in [0.29, 0.717) is 0 Å². The normalized spacial score (nSPS) is 21.2. The number of carbonyl (C=O) groups excluding carboxylic acids is 2. The van der Waals surface area contributed by atoms with Gasteiger partial charge in [-0.1, -0.05) is 13.8 Å². The zero-order valence-corrected chi connectivity index (χ0v) is 10.4. The molecule has 0 aromatic rings. The molecule has 0 aromatic carbocycles. The first-order chi connectivity index (χ1) is 7.20. The number of hydroxylamine groups is 2. The van der Waals surface area contributed by atoms with Crippen molar-refractivity contribution in [3.05, 3.63) is 0 Å². The Morgan fingerprint density at radius 1 is 1.50 bits per heavy atom. The van der Waals surface area contributed by atoms with Crippen LogP contribution in [-0.2, 0) is 14.4 Å². The smallest absolute Gasteiger partial charge is 0.442 e. The molecule has 5 heteroatoms. The van der Waals surface area contributed by atoms with Gasteiger partial charge in [-0.05, 0) is 26.7 Å². The second kappa shape index (κ2) is 4.31. The van der Waals surface area contributed by atoms with E-state index in [-0.39, 0.29) is 24.3 Å². The van der Waals surface area contributed by atoms with Crippen molar-refractivity contribution >= 4 is 12.1 Å². The van der Waals surface area contributed by atoms with Crippen LogP contribution in [0.5, 0.6) is 0 Å². The molecule has 1 heterocycles. The van der Waals surface area contributed by atoms with Crippen LogP contribution in [0, 0.1) is 11.8 Å². The first kappa shape index (κ1) is 12.8. The molecule has 1 aliphatic heterocycles. The molecule has 1 saturated heterocycles. The Hall–Kier alpha value is -1.26. The van der Waals surface area contributed by atoms with Crippen molar-refractivity contribution in [1.29, 1.82) is 0 Å². The maximum Gasteiger partial charge on any atom is 0.443 e. The lowest BCUT2D eigenvalue weighted by atomic mass is 9.97. The molecule has 5 nitrogen and oxygen atoms in total. The fourth-order valence-corrected chi connectivity index (χ4v) is 1.37. The highest BCUT2D eigenvalue weighted by Crippen LogP contribution is 2.23. The molecule has 16 heavy (non-hydrogen) atoms. The van der Waals surface area contributed by atoms with E-state index in [1.807, 2.05) is 13.8 Å². The predicted octanol–water partition coefficient (Wildman–Crippen LogP) is 1.97. The van der Waals surface area contributed by atoms with E-state index in [1.54, 1.807) is 20.8 Å². The molecule has 0 N–H and O–H groups in total. The molecule has 0 radical (unpaired) electrons. The van der Waals surface area contributed by atoms with E-state index in [1.165, 1.54) is 0 Å². The molecular weight excluding hydrogens is 210 g/mol. The Labute approximate surface area is 95.6 Å². The van der Waals surface area contributed by atoms with Crippen molar-refractivity contribution in [3.8, 4) is 0 Å². The third-order valence-electron chi connectivity index (χ3n) is 2.27. The number of nitrogens with zero attached hydrogens (tertiary/aromatic N) is 1. The summed E-state index contributed by atoms with van der Waals surface area (Å²) in [6.45, 7) is 9.41. The predicted molar refractivity (Wildman–Crippen MR) is 57.4 cm³/mol. The van der Waals surface area contributed by atoms with Gasteiger partial charge in [-0.15, -0.1) is 5.06 Å². The van der Waals surface area contributed by atoms with Gasteiger partial charge in [0, 0.05) is 0 Å². The van der Waals surface area contributed by atoms with Gasteiger partial charge in [-0.25, -0.2) is 9.59 Å². The fraction of sp³-hybridized carbons (Fsp3) is 0.818. The molecule has 1 atom stereocenters. The van der Waals surface area contributed by atoms with Crippen molar-refractivity contribution in [2.45, 2.75) is 40.2 Å². The van der Waals surface area contributed by atoms with Gasteiger partial charge >= 0.3 is 12.1 Å². The molecule has 1 fully saturated rings. The summed E-state index contributed by atoms with van der Waals surface area (Å²) in [7, 11) is 0. The summed E-state index contributed by atoms with van der Waals surface area (Å²) in [6, 6.07) is 0. The van der Waals surface area contributed by atoms with Gasteiger partial charge in [0.2, 0.25) is 0 Å². The van der Waals surface area contributed by atoms with Crippen LogP contribution < -0.4 is 0 Å². The maximum atomic E-state index is 11.6. The summed E-state index contributed by atoms with van der Waals surface area (Å²) in [6.07, 6.45) is -0.607. The highest BCUT2D eigenvalue weighted by Gasteiger charge is 2.39. The minimum Gasteiger partial charge on any atom is -0.442 e. The summed E-state index contributed by atoms with van der Waals surface area (Å²) in [5, 5.41) is 0.998. The molecule has 0 aliphatic carbocycles. The van der Waals surface area contributed by atoms with Crippen LogP contribution >= 0.6 is 0 Å². The van der Waals surface area contributed by atoms with Gasteiger partial charge in [-0.2, -0.15) is 0 Å². The summed E-state index contributed by atoms with van der Waals surface area (Å²) in [5.74, 6) is -0.465. The number of ether oxygens (including phenoxy) is 1. The fourth-order valence-electron chi connectivity index (χ4n) is 1.37. The molecule has 92 valence electrons. The van der Waals surface area contributed by atoms with Gasteiger partial charge < -0.3 is 9.57 Å². The Morgan fingerprint density at radius 3 is 2.44 bits per heavy atom. The second-order valence-electron chi connectivity index (χ2n) is 5.30. The maximum absolute atomic E-state index is 11.6. The number of rotatable bonds is 1. The van der Waals surface area contributed by atoms with E-state index >= 15 is 0 Å². The van der Waals surface area contributed by atoms with Crippen LogP contribution in [0.25, 0.3) is 0 Å². The molecule has 0 aromatic heterocycles. The first-order valence-electron chi connectivity index (χ1n) is 5.43. The molecule has 0 saturated carbocycles. The summed E-state index contributed by atoms with van der Waals surface area (Å²) in [4.78, 5) is 27.9. The molecular formula is C11H19NO4. The number of amides is 1. The third kappa shape index (κ3) is 3.12. The Morgan fingerprint density at radius 2 is 2.06 bits per heavy atom. The molecule has 1 amide bonds.